The topological polar surface area (TPSA) is 84.7 Å². The lowest BCUT2D eigenvalue weighted by molar-refractivity contribution is -0.121. The Labute approximate surface area is 210 Å². The van der Waals surface area contributed by atoms with Gasteiger partial charge in [0, 0.05) is 24.2 Å². The SMILES string of the molecule is CC(C[CH]C(=O)NC(C)(C)CN(c1ccc(OCc2ccccc2)cc1)C1CCCCC1)C(N)=O. The van der Waals surface area contributed by atoms with Crippen LogP contribution in [0.5, 0.6) is 5.75 Å². The van der Waals surface area contributed by atoms with E-state index in [2.05, 4.69) is 34.5 Å². The third-order valence-electron chi connectivity index (χ3n) is 6.60. The summed E-state index contributed by atoms with van der Waals surface area (Å²) < 4.78 is 5.98. The average molecular weight is 479 g/mol. The first kappa shape index (κ1) is 26.6. The van der Waals surface area contributed by atoms with Gasteiger partial charge >= 0.3 is 0 Å². The Hall–Kier alpha value is -3.02. The second-order valence-electron chi connectivity index (χ2n) is 10.3. The van der Waals surface area contributed by atoms with Crippen molar-refractivity contribution in [1.82, 2.24) is 5.32 Å². The number of rotatable bonds is 12. The number of benzene rings is 2. The fraction of sp³-hybridized carbons (Fsp3) is 0.483. The van der Waals surface area contributed by atoms with Gasteiger partial charge in [0.2, 0.25) is 11.8 Å². The molecule has 35 heavy (non-hydrogen) atoms. The number of nitrogens with two attached hydrogens (primary N) is 1. The van der Waals surface area contributed by atoms with E-state index in [1.807, 2.05) is 44.2 Å². The van der Waals surface area contributed by atoms with E-state index < -0.39 is 11.4 Å². The number of amides is 2. The van der Waals surface area contributed by atoms with Gasteiger partial charge in [-0.1, -0.05) is 56.5 Å². The lowest BCUT2D eigenvalue weighted by Gasteiger charge is -2.41. The number of primary amides is 1. The van der Waals surface area contributed by atoms with Crippen molar-refractivity contribution in [2.45, 2.75) is 77.5 Å². The molecule has 1 atom stereocenters. The molecule has 3 rings (SSSR count). The first-order valence-electron chi connectivity index (χ1n) is 12.7. The van der Waals surface area contributed by atoms with Crippen LogP contribution in [0.15, 0.2) is 54.6 Å². The first-order valence-corrected chi connectivity index (χ1v) is 12.7. The molecule has 2 aromatic carbocycles. The fourth-order valence-electron chi connectivity index (χ4n) is 4.55. The summed E-state index contributed by atoms with van der Waals surface area (Å²) in [6, 6.07) is 18.9. The summed E-state index contributed by atoms with van der Waals surface area (Å²) in [5.41, 5.74) is 7.14. The largest absolute Gasteiger partial charge is 0.489 e. The van der Waals surface area contributed by atoms with E-state index in [4.69, 9.17) is 10.5 Å². The van der Waals surface area contributed by atoms with Gasteiger partial charge in [0.25, 0.3) is 0 Å². The summed E-state index contributed by atoms with van der Waals surface area (Å²) >= 11 is 0. The number of nitrogens with zero attached hydrogens (tertiary/aromatic N) is 1. The molecular weight excluding hydrogens is 438 g/mol. The molecule has 3 N–H and O–H groups in total. The maximum absolute atomic E-state index is 12.6. The molecule has 0 aliphatic heterocycles. The maximum atomic E-state index is 12.6. The average Bonchev–Trinajstić information content (AvgIpc) is 2.86. The van der Waals surface area contributed by atoms with Crippen LogP contribution in [0, 0.1) is 12.3 Å². The second kappa shape index (κ2) is 12.6. The van der Waals surface area contributed by atoms with Crippen LogP contribution in [0.25, 0.3) is 0 Å². The van der Waals surface area contributed by atoms with E-state index >= 15 is 0 Å². The highest BCUT2D eigenvalue weighted by Gasteiger charge is 2.29. The number of hydrogen-bond donors (Lipinski definition) is 2. The predicted octanol–water partition coefficient (Wildman–Crippen LogP) is 5.02. The molecule has 0 aromatic heterocycles. The van der Waals surface area contributed by atoms with E-state index in [1.165, 1.54) is 25.7 Å². The highest BCUT2D eigenvalue weighted by atomic mass is 16.5. The standard InChI is InChI=1S/C29H40N3O3/c1-22(28(30)34)14-19-27(33)31-29(2,3)21-32(24-12-8-5-9-13-24)25-15-17-26(18-16-25)35-20-23-10-6-4-7-11-23/h4,6-7,10-11,15-19,22,24H,5,8-9,12-14,20-21H2,1-3H3,(H2,30,34)(H,31,33). The van der Waals surface area contributed by atoms with E-state index in [-0.39, 0.29) is 11.8 Å². The first-order chi connectivity index (χ1) is 16.7. The Balaban J connectivity index is 1.65. The van der Waals surface area contributed by atoms with Crippen molar-refractivity contribution in [2.75, 3.05) is 11.4 Å². The number of ether oxygens (including phenoxy) is 1. The molecule has 0 spiro atoms. The van der Waals surface area contributed by atoms with Crippen molar-refractivity contribution < 1.29 is 14.3 Å². The lowest BCUT2D eigenvalue weighted by Crippen LogP contribution is -2.54. The predicted molar refractivity (Wildman–Crippen MR) is 141 cm³/mol. The molecule has 189 valence electrons. The highest BCUT2D eigenvalue weighted by Crippen LogP contribution is 2.30. The van der Waals surface area contributed by atoms with Crippen LogP contribution in [-0.4, -0.2) is 29.9 Å². The summed E-state index contributed by atoms with van der Waals surface area (Å²) in [6.07, 6.45) is 7.91. The molecule has 1 radical (unpaired) electrons. The van der Waals surface area contributed by atoms with Crippen LogP contribution in [0.1, 0.15) is 64.9 Å². The van der Waals surface area contributed by atoms with Crippen LogP contribution in [0.3, 0.4) is 0 Å². The monoisotopic (exact) mass is 478 g/mol. The number of nitrogens with one attached hydrogen (secondary N) is 1. The van der Waals surface area contributed by atoms with E-state index in [1.54, 1.807) is 6.92 Å². The number of carbonyl (C=O) groups is 2. The summed E-state index contributed by atoms with van der Waals surface area (Å²) in [5, 5.41) is 3.13. The van der Waals surface area contributed by atoms with Crippen LogP contribution in [0.4, 0.5) is 5.69 Å². The van der Waals surface area contributed by atoms with Gasteiger partial charge in [0.15, 0.2) is 0 Å². The fourth-order valence-corrected chi connectivity index (χ4v) is 4.55. The smallest absolute Gasteiger partial charge is 0.224 e. The molecule has 1 fully saturated rings. The van der Waals surface area contributed by atoms with Gasteiger partial charge in [-0.2, -0.15) is 0 Å². The maximum Gasteiger partial charge on any atom is 0.224 e. The van der Waals surface area contributed by atoms with Crippen molar-refractivity contribution in [3.8, 4) is 5.75 Å². The minimum absolute atomic E-state index is 0.170. The van der Waals surface area contributed by atoms with E-state index in [0.29, 0.717) is 25.6 Å². The summed E-state index contributed by atoms with van der Waals surface area (Å²) in [5.74, 6) is -0.0820. The Morgan fingerprint density at radius 2 is 1.74 bits per heavy atom. The lowest BCUT2D eigenvalue weighted by atomic mass is 9.92. The van der Waals surface area contributed by atoms with Crippen molar-refractivity contribution >= 4 is 17.5 Å². The van der Waals surface area contributed by atoms with E-state index in [0.717, 1.165) is 29.8 Å². The van der Waals surface area contributed by atoms with Crippen LogP contribution < -0.4 is 20.7 Å². The molecule has 0 heterocycles. The van der Waals surface area contributed by atoms with Crippen LogP contribution >= 0.6 is 0 Å². The van der Waals surface area contributed by atoms with Crippen molar-refractivity contribution in [1.29, 1.82) is 0 Å². The normalized spacial score (nSPS) is 15.3. The molecule has 1 saturated carbocycles. The molecule has 1 aliphatic rings. The highest BCUT2D eigenvalue weighted by molar-refractivity contribution is 5.86. The van der Waals surface area contributed by atoms with Crippen LogP contribution in [-0.2, 0) is 16.2 Å². The molecule has 6 nitrogen and oxygen atoms in total. The quantitative estimate of drug-likeness (QED) is 0.449. The van der Waals surface area contributed by atoms with Gasteiger partial charge in [0.1, 0.15) is 12.4 Å². The van der Waals surface area contributed by atoms with Crippen molar-refractivity contribution in [3.63, 3.8) is 0 Å². The Morgan fingerprint density at radius 3 is 2.37 bits per heavy atom. The van der Waals surface area contributed by atoms with Gasteiger partial charge in [0.05, 0.1) is 12.0 Å². The minimum atomic E-state index is -0.455. The molecule has 1 aliphatic carbocycles. The zero-order chi connectivity index (χ0) is 25.3. The van der Waals surface area contributed by atoms with Crippen molar-refractivity contribution in [3.05, 3.63) is 66.6 Å². The Bertz CT molecular complexity index is 937. The van der Waals surface area contributed by atoms with Gasteiger partial charge in [-0.25, -0.2) is 0 Å². The number of anilines is 1. The number of hydrogen-bond acceptors (Lipinski definition) is 4. The molecular formula is C29H40N3O3. The molecule has 0 saturated heterocycles. The Kier molecular flexibility index (Phi) is 9.58. The zero-order valence-corrected chi connectivity index (χ0v) is 21.3. The summed E-state index contributed by atoms with van der Waals surface area (Å²) in [4.78, 5) is 26.3. The molecule has 1 unspecified atom stereocenters. The van der Waals surface area contributed by atoms with Crippen LogP contribution in [0.2, 0.25) is 0 Å². The molecule has 0 bridgehead atoms. The van der Waals surface area contributed by atoms with E-state index in [9.17, 15) is 9.59 Å². The Morgan fingerprint density at radius 1 is 1.09 bits per heavy atom. The second-order valence-corrected chi connectivity index (χ2v) is 10.3. The molecule has 6 heteroatoms. The third kappa shape index (κ3) is 8.61. The van der Waals surface area contributed by atoms with Gasteiger partial charge in [-0.05, 0) is 62.9 Å². The number of carbonyl (C=O) groups excluding carboxylic acids is 2. The van der Waals surface area contributed by atoms with Crippen molar-refractivity contribution in [2.24, 2.45) is 11.7 Å². The molecule has 2 aromatic rings. The van der Waals surface area contributed by atoms with Gasteiger partial charge < -0.3 is 20.7 Å². The van der Waals surface area contributed by atoms with Gasteiger partial charge in [-0.15, -0.1) is 0 Å². The zero-order valence-electron chi connectivity index (χ0n) is 21.3. The summed E-state index contributed by atoms with van der Waals surface area (Å²) in [7, 11) is 0. The molecule has 2 amide bonds. The summed E-state index contributed by atoms with van der Waals surface area (Å²) in [6.45, 7) is 7.05. The third-order valence-corrected chi connectivity index (χ3v) is 6.60. The minimum Gasteiger partial charge on any atom is -0.489 e. The van der Waals surface area contributed by atoms with Gasteiger partial charge in [-0.3, -0.25) is 9.59 Å².